The number of hydrogen-bond donors (Lipinski definition) is 0. The van der Waals surface area contributed by atoms with Crippen LogP contribution in [0.25, 0.3) is 10.9 Å². The Balaban J connectivity index is 1.78. The fourth-order valence-corrected chi connectivity index (χ4v) is 3.25. The van der Waals surface area contributed by atoms with Crippen LogP contribution in [0.5, 0.6) is 0 Å². The molecule has 0 spiro atoms. The lowest BCUT2D eigenvalue weighted by Crippen LogP contribution is -2.41. The molecule has 1 aromatic heterocycles. The van der Waals surface area contributed by atoms with Crippen LogP contribution in [0.1, 0.15) is 20.3 Å². The van der Waals surface area contributed by atoms with Gasteiger partial charge in [0.05, 0.1) is 16.5 Å². The summed E-state index contributed by atoms with van der Waals surface area (Å²) in [5, 5.41) is 11.6. The van der Waals surface area contributed by atoms with Crippen molar-refractivity contribution in [3.05, 3.63) is 40.4 Å². The van der Waals surface area contributed by atoms with E-state index in [1.165, 1.54) is 12.1 Å². The van der Waals surface area contributed by atoms with Crippen molar-refractivity contribution >= 4 is 28.3 Å². The summed E-state index contributed by atoms with van der Waals surface area (Å²) in [7, 11) is 1.86. The molecular formula is C18H22N4O3. The Bertz CT molecular complexity index is 821. The minimum absolute atomic E-state index is 0.00589. The second kappa shape index (κ2) is 6.66. The van der Waals surface area contributed by atoms with Gasteiger partial charge >= 0.3 is 0 Å². The zero-order valence-corrected chi connectivity index (χ0v) is 14.7. The predicted molar refractivity (Wildman–Crippen MR) is 96.6 cm³/mol. The summed E-state index contributed by atoms with van der Waals surface area (Å²) in [6.45, 7) is 5.41. The van der Waals surface area contributed by atoms with Crippen LogP contribution in [0, 0.1) is 16.0 Å². The first-order valence-electron chi connectivity index (χ1n) is 8.43. The molecule has 0 radical (unpaired) electrons. The van der Waals surface area contributed by atoms with Gasteiger partial charge in [-0.2, -0.15) is 0 Å². The zero-order valence-electron chi connectivity index (χ0n) is 14.7. The summed E-state index contributed by atoms with van der Waals surface area (Å²) < 4.78 is 0. The molecule has 1 fully saturated rings. The van der Waals surface area contributed by atoms with Crippen LogP contribution in [0.2, 0.25) is 0 Å². The first kappa shape index (κ1) is 17.1. The number of carbonyl (C=O) groups is 1. The number of likely N-dealkylation sites (N-methyl/N-ethyl adjacent to an activating group) is 1. The summed E-state index contributed by atoms with van der Waals surface area (Å²) in [5.74, 6) is 0.994. The molecule has 2 aromatic rings. The van der Waals surface area contributed by atoms with E-state index in [2.05, 4.69) is 9.88 Å². The molecule has 1 aliphatic heterocycles. The molecule has 0 bridgehead atoms. The van der Waals surface area contributed by atoms with Crippen LogP contribution >= 0.6 is 0 Å². The van der Waals surface area contributed by atoms with Crippen LogP contribution in [-0.2, 0) is 4.79 Å². The fourth-order valence-electron chi connectivity index (χ4n) is 3.25. The monoisotopic (exact) mass is 342 g/mol. The predicted octanol–water partition coefficient (Wildman–Crippen LogP) is 2.84. The van der Waals surface area contributed by atoms with E-state index < -0.39 is 4.92 Å². The molecule has 2 heterocycles. The Morgan fingerprint density at radius 2 is 2.12 bits per heavy atom. The van der Waals surface area contributed by atoms with Crippen molar-refractivity contribution in [2.45, 2.75) is 26.3 Å². The van der Waals surface area contributed by atoms with Gasteiger partial charge in [-0.25, -0.2) is 4.98 Å². The summed E-state index contributed by atoms with van der Waals surface area (Å²) in [5.41, 5.74) is 0.801. The average Bonchev–Trinajstić information content (AvgIpc) is 3.09. The van der Waals surface area contributed by atoms with E-state index >= 15 is 0 Å². The van der Waals surface area contributed by atoms with Gasteiger partial charge in [0.2, 0.25) is 5.91 Å². The molecule has 0 N–H and O–H groups in total. The first-order chi connectivity index (χ1) is 11.9. The quantitative estimate of drug-likeness (QED) is 0.630. The van der Waals surface area contributed by atoms with Crippen molar-refractivity contribution in [3.63, 3.8) is 0 Å². The lowest BCUT2D eigenvalue weighted by atomic mass is 10.1. The van der Waals surface area contributed by atoms with Crippen molar-refractivity contribution in [2.75, 3.05) is 25.0 Å². The largest absolute Gasteiger partial charge is 0.354 e. The van der Waals surface area contributed by atoms with Crippen molar-refractivity contribution in [1.82, 2.24) is 9.88 Å². The van der Waals surface area contributed by atoms with Crippen LogP contribution < -0.4 is 4.90 Å². The third kappa shape index (κ3) is 3.40. The SMILES string of the molecule is CC(C)C(=O)N(C)[C@@H]1CCN(c2ccc3cc([N+](=O)[O-])ccc3n2)C1. The van der Waals surface area contributed by atoms with E-state index in [4.69, 9.17) is 0 Å². The number of carbonyl (C=O) groups excluding carboxylic acids is 1. The number of hydrogen-bond acceptors (Lipinski definition) is 5. The van der Waals surface area contributed by atoms with E-state index in [0.29, 0.717) is 0 Å². The molecule has 7 nitrogen and oxygen atoms in total. The number of aromatic nitrogens is 1. The standard InChI is InChI=1S/C18H22N4O3/c1-12(2)18(23)20(3)15-8-9-21(11-15)17-7-4-13-10-14(22(24)25)5-6-16(13)19-17/h4-7,10,12,15H,8-9,11H2,1-3H3/t15-/m1/s1. The van der Waals surface area contributed by atoms with Crippen molar-refractivity contribution in [3.8, 4) is 0 Å². The normalized spacial score (nSPS) is 17.3. The average molecular weight is 342 g/mol. The Morgan fingerprint density at radius 3 is 2.80 bits per heavy atom. The highest BCUT2D eigenvalue weighted by molar-refractivity contribution is 5.82. The molecule has 0 unspecified atom stereocenters. The molecule has 132 valence electrons. The van der Waals surface area contributed by atoms with Crippen molar-refractivity contribution < 1.29 is 9.72 Å². The van der Waals surface area contributed by atoms with Gasteiger partial charge in [-0.15, -0.1) is 0 Å². The number of nitrogens with zero attached hydrogens (tertiary/aromatic N) is 4. The van der Waals surface area contributed by atoms with E-state index in [9.17, 15) is 14.9 Å². The lowest BCUT2D eigenvalue weighted by Gasteiger charge is -2.26. The molecule has 1 atom stereocenters. The summed E-state index contributed by atoms with van der Waals surface area (Å²) >= 11 is 0. The Hall–Kier alpha value is -2.70. The molecule has 0 saturated carbocycles. The number of rotatable bonds is 4. The maximum atomic E-state index is 12.2. The highest BCUT2D eigenvalue weighted by atomic mass is 16.6. The van der Waals surface area contributed by atoms with E-state index in [0.717, 1.165) is 36.2 Å². The highest BCUT2D eigenvalue weighted by Crippen LogP contribution is 2.26. The minimum Gasteiger partial charge on any atom is -0.354 e. The lowest BCUT2D eigenvalue weighted by molar-refractivity contribution is -0.384. The van der Waals surface area contributed by atoms with E-state index in [1.54, 1.807) is 6.07 Å². The first-order valence-corrected chi connectivity index (χ1v) is 8.43. The third-order valence-electron chi connectivity index (χ3n) is 4.75. The van der Waals surface area contributed by atoms with Crippen LogP contribution in [0.4, 0.5) is 11.5 Å². The highest BCUT2D eigenvalue weighted by Gasteiger charge is 2.30. The summed E-state index contributed by atoms with van der Waals surface area (Å²) in [6, 6.07) is 8.62. The Kier molecular flexibility index (Phi) is 4.57. The summed E-state index contributed by atoms with van der Waals surface area (Å²) in [6.07, 6.45) is 0.912. The van der Waals surface area contributed by atoms with Crippen LogP contribution in [0.15, 0.2) is 30.3 Å². The number of nitro groups is 1. The number of pyridine rings is 1. The van der Waals surface area contributed by atoms with Crippen LogP contribution in [0.3, 0.4) is 0 Å². The third-order valence-corrected chi connectivity index (χ3v) is 4.75. The van der Waals surface area contributed by atoms with Crippen LogP contribution in [-0.4, -0.2) is 46.9 Å². The van der Waals surface area contributed by atoms with Crippen molar-refractivity contribution in [2.24, 2.45) is 5.92 Å². The Labute approximate surface area is 146 Å². The number of amides is 1. The van der Waals surface area contributed by atoms with Gasteiger partial charge in [0.15, 0.2) is 0 Å². The zero-order chi connectivity index (χ0) is 18.1. The van der Waals surface area contributed by atoms with Gasteiger partial charge in [0.1, 0.15) is 5.82 Å². The molecule has 1 aliphatic rings. The molecular weight excluding hydrogens is 320 g/mol. The second-order valence-corrected chi connectivity index (χ2v) is 6.80. The molecule has 0 aliphatic carbocycles. The number of fused-ring (bicyclic) bond motifs is 1. The maximum Gasteiger partial charge on any atom is 0.270 e. The van der Waals surface area contributed by atoms with Gasteiger partial charge in [-0.1, -0.05) is 13.8 Å². The van der Waals surface area contributed by atoms with Gasteiger partial charge in [-0.05, 0) is 24.6 Å². The smallest absolute Gasteiger partial charge is 0.270 e. The van der Waals surface area contributed by atoms with Gasteiger partial charge in [0, 0.05) is 43.6 Å². The number of nitro benzene ring substituents is 1. The molecule has 1 amide bonds. The molecule has 7 heteroatoms. The second-order valence-electron chi connectivity index (χ2n) is 6.80. The summed E-state index contributed by atoms with van der Waals surface area (Å²) in [4.78, 5) is 31.3. The number of anilines is 1. The maximum absolute atomic E-state index is 12.2. The Morgan fingerprint density at radius 1 is 1.36 bits per heavy atom. The number of benzene rings is 1. The molecule has 3 rings (SSSR count). The van der Waals surface area contributed by atoms with Gasteiger partial charge < -0.3 is 9.80 Å². The van der Waals surface area contributed by atoms with E-state index in [-0.39, 0.29) is 23.6 Å². The fraction of sp³-hybridized carbons (Fsp3) is 0.444. The topological polar surface area (TPSA) is 79.6 Å². The molecule has 1 aromatic carbocycles. The number of non-ortho nitro benzene ring substituents is 1. The van der Waals surface area contributed by atoms with Gasteiger partial charge in [-0.3, -0.25) is 14.9 Å². The van der Waals surface area contributed by atoms with Crippen molar-refractivity contribution in [1.29, 1.82) is 0 Å². The minimum atomic E-state index is -0.403. The van der Waals surface area contributed by atoms with Gasteiger partial charge in [0.25, 0.3) is 5.69 Å². The molecule has 25 heavy (non-hydrogen) atoms. The van der Waals surface area contributed by atoms with E-state index in [1.807, 2.05) is 37.9 Å². The molecule has 1 saturated heterocycles.